The van der Waals surface area contributed by atoms with Crippen molar-refractivity contribution in [2.75, 3.05) is 26.5 Å². The summed E-state index contributed by atoms with van der Waals surface area (Å²) >= 11 is 0. The molecule has 1 N–H and O–H groups in total. The molecule has 27 heavy (non-hydrogen) atoms. The Balaban J connectivity index is 1.90. The van der Waals surface area contributed by atoms with Crippen LogP contribution in [0.1, 0.15) is 11.1 Å². The fourth-order valence-electron chi connectivity index (χ4n) is 2.43. The number of methoxy groups -OCH3 is 1. The maximum absolute atomic E-state index is 12.9. The van der Waals surface area contributed by atoms with Gasteiger partial charge in [-0.3, -0.25) is 4.79 Å². The zero-order valence-electron chi connectivity index (χ0n) is 15.3. The van der Waals surface area contributed by atoms with Crippen LogP contribution in [0.15, 0.2) is 48.5 Å². The average molecular weight is 394 g/mol. The van der Waals surface area contributed by atoms with E-state index in [0.29, 0.717) is 18.7 Å². The van der Waals surface area contributed by atoms with E-state index in [1.807, 2.05) is 12.1 Å². The molecule has 0 aliphatic heterocycles. The van der Waals surface area contributed by atoms with Crippen LogP contribution in [0.2, 0.25) is 0 Å². The molecule has 2 aromatic carbocycles. The van der Waals surface area contributed by atoms with Crippen molar-refractivity contribution in [1.82, 2.24) is 9.62 Å². The lowest BCUT2D eigenvalue weighted by molar-refractivity contribution is -0.121. The minimum atomic E-state index is -3.55. The smallest absolute Gasteiger partial charge is 0.235 e. The van der Waals surface area contributed by atoms with Crippen LogP contribution >= 0.6 is 0 Å². The molecule has 0 atom stereocenters. The molecule has 2 rings (SSSR count). The molecule has 0 fully saturated rings. The first-order valence-corrected chi connectivity index (χ1v) is 10.2. The molecular weight excluding hydrogens is 371 g/mol. The standard InChI is InChI=1S/C19H23FN2O4S/c1-26-18-9-5-16(6-10-18)13-21-19(23)14-22(27(2,24)25)12-11-15-3-7-17(20)8-4-15/h3-10H,11-14H2,1-2H3,(H,21,23). The third-order valence-corrected chi connectivity index (χ3v) is 5.25. The number of ether oxygens (including phenoxy) is 1. The summed E-state index contributed by atoms with van der Waals surface area (Å²) in [5.74, 6) is -0.0268. The van der Waals surface area contributed by atoms with E-state index >= 15 is 0 Å². The molecule has 0 aliphatic carbocycles. The van der Waals surface area contributed by atoms with Crippen LogP contribution < -0.4 is 10.1 Å². The minimum absolute atomic E-state index is 0.139. The van der Waals surface area contributed by atoms with Gasteiger partial charge < -0.3 is 10.1 Å². The predicted octanol–water partition coefficient (Wildman–Crippen LogP) is 1.95. The molecule has 0 spiro atoms. The molecule has 0 aromatic heterocycles. The zero-order valence-corrected chi connectivity index (χ0v) is 16.1. The number of carbonyl (C=O) groups is 1. The van der Waals surface area contributed by atoms with Gasteiger partial charge >= 0.3 is 0 Å². The third-order valence-electron chi connectivity index (χ3n) is 4.00. The number of carbonyl (C=O) groups excluding carboxylic acids is 1. The van der Waals surface area contributed by atoms with Crippen molar-refractivity contribution >= 4 is 15.9 Å². The van der Waals surface area contributed by atoms with Gasteiger partial charge in [-0.15, -0.1) is 0 Å². The Kier molecular flexibility index (Phi) is 7.32. The van der Waals surface area contributed by atoms with Gasteiger partial charge in [-0.05, 0) is 41.8 Å². The van der Waals surface area contributed by atoms with Gasteiger partial charge in [0.05, 0.1) is 19.9 Å². The first-order chi connectivity index (χ1) is 12.8. The number of halogens is 1. The fraction of sp³-hybridized carbons (Fsp3) is 0.316. The van der Waals surface area contributed by atoms with E-state index < -0.39 is 15.9 Å². The fourth-order valence-corrected chi connectivity index (χ4v) is 3.20. The normalized spacial score (nSPS) is 11.4. The Labute approximate surface area is 159 Å². The number of hydrogen-bond donors (Lipinski definition) is 1. The van der Waals surface area contributed by atoms with Crippen LogP contribution in [-0.4, -0.2) is 45.1 Å². The van der Waals surface area contributed by atoms with Crippen molar-refractivity contribution in [1.29, 1.82) is 0 Å². The Bertz CT molecular complexity index is 852. The van der Waals surface area contributed by atoms with Crippen molar-refractivity contribution in [3.8, 4) is 5.75 Å². The first-order valence-electron chi connectivity index (χ1n) is 8.37. The van der Waals surface area contributed by atoms with E-state index in [-0.39, 0.29) is 18.9 Å². The Morgan fingerprint density at radius 2 is 1.67 bits per heavy atom. The summed E-state index contributed by atoms with van der Waals surface area (Å²) < 4.78 is 43.0. The number of rotatable bonds is 9. The summed E-state index contributed by atoms with van der Waals surface area (Å²) in [4.78, 5) is 12.2. The quantitative estimate of drug-likeness (QED) is 0.705. The van der Waals surface area contributed by atoms with Crippen LogP contribution in [0.5, 0.6) is 5.75 Å². The first kappa shape index (κ1) is 20.9. The Morgan fingerprint density at radius 1 is 1.07 bits per heavy atom. The van der Waals surface area contributed by atoms with Crippen LogP contribution in [-0.2, 0) is 27.8 Å². The lowest BCUT2D eigenvalue weighted by Crippen LogP contribution is -2.41. The molecule has 0 heterocycles. The van der Waals surface area contributed by atoms with Crippen molar-refractivity contribution in [3.63, 3.8) is 0 Å². The van der Waals surface area contributed by atoms with Crippen LogP contribution in [0.3, 0.4) is 0 Å². The molecule has 0 bridgehead atoms. The summed E-state index contributed by atoms with van der Waals surface area (Å²) in [6.07, 6.45) is 1.45. The molecule has 2 aromatic rings. The molecule has 0 aliphatic rings. The Morgan fingerprint density at radius 3 is 2.22 bits per heavy atom. The summed E-state index contributed by atoms with van der Waals surface area (Å²) in [5.41, 5.74) is 1.67. The van der Waals surface area contributed by atoms with Gasteiger partial charge in [0, 0.05) is 13.1 Å². The van der Waals surface area contributed by atoms with E-state index in [4.69, 9.17) is 4.74 Å². The molecule has 0 saturated heterocycles. The van der Waals surface area contributed by atoms with Crippen molar-refractivity contribution in [2.45, 2.75) is 13.0 Å². The highest BCUT2D eigenvalue weighted by Gasteiger charge is 2.19. The van der Waals surface area contributed by atoms with E-state index in [1.165, 1.54) is 12.1 Å². The molecule has 0 unspecified atom stereocenters. The van der Waals surface area contributed by atoms with Crippen molar-refractivity contribution < 1.29 is 22.3 Å². The summed E-state index contributed by atoms with van der Waals surface area (Å²) in [6.45, 7) is 0.162. The molecule has 0 radical (unpaired) electrons. The lowest BCUT2D eigenvalue weighted by atomic mass is 10.1. The third kappa shape index (κ3) is 6.99. The largest absolute Gasteiger partial charge is 0.497 e. The van der Waals surface area contributed by atoms with Crippen molar-refractivity contribution in [2.24, 2.45) is 0 Å². The number of amides is 1. The van der Waals surface area contributed by atoms with Gasteiger partial charge in [0.2, 0.25) is 15.9 Å². The number of benzene rings is 2. The van der Waals surface area contributed by atoms with Crippen LogP contribution in [0.25, 0.3) is 0 Å². The number of nitrogens with zero attached hydrogens (tertiary/aromatic N) is 1. The summed E-state index contributed by atoms with van der Waals surface area (Å²) in [7, 11) is -1.98. The van der Waals surface area contributed by atoms with E-state index in [1.54, 1.807) is 31.4 Å². The number of hydrogen-bond acceptors (Lipinski definition) is 4. The molecule has 1 amide bonds. The second kappa shape index (κ2) is 9.48. The molecule has 0 saturated carbocycles. The van der Waals surface area contributed by atoms with Crippen LogP contribution in [0.4, 0.5) is 4.39 Å². The zero-order chi connectivity index (χ0) is 19.9. The molecule has 8 heteroatoms. The van der Waals surface area contributed by atoms with Gasteiger partial charge in [0.1, 0.15) is 11.6 Å². The second-order valence-electron chi connectivity index (χ2n) is 6.10. The molecule has 6 nitrogen and oxygen atoms in total. The maximum atomic E-state index is 12.9. The van der Waals surface area contributed by atoms with Crippen LogP contribution in [0, 0.1) is 5.82 Å². The van der Waals surface area contributed by atoms with Gasteiger partial charge in [0.15, 0.2) is 0 Å². The number of nitrogens with one attached hydrogen (secondary N) is 1. The monoisotopic (exact) mass is 394 g/mol. The van der Waals surface area contributed by atoms with Gasteiger partial charge in [-0.1, -0.05) is 24.3 Å². The Hall–Kier alpha value is -2.45. The van der Waals surface area contributed by atoms with Gasteiger partial charge in [0.25, 0.3) is 0 Å². The highest BCUT2D eigenvalue weighted by atomic mass is 32.2. The number of sulfonamides is 1. The summed E-state index contributed by atoms with van der Waals surface area (Å²) in [6, 6.07) is 13.0. The van der Waals surface area contributed by atoms with E-state index in [2.05, 4.69) is 5.32 Å². The van der Waals surface area contributed by atoms with Gasteiger partial charge in [-0.25, -0.2) is 12.8 Å². The SMILES string of the molecule is COc1ccc(CNC(=O)CN(CCc2ccc(F)cc2)S(C)(=O)=O)cc1. The topological polar surface area (TPSA) is 75.7 Å². The highest BCUT2D eigenvalue weighted by molar-refractivity contribution is 7.88. The average Bonchev–Trinajstić information content (AvgIpc) is 2.64. The molecule has 146 valence electrons. The van der Waals surface area contributed by atoms with E-state index in [0.717, 1.165) is 21.7 Å². The predicted molar refractivity (Wildman–Crippen MR) is 101 cm³/mol. The minimum Gasteiger partial charge on any atom is -0.497 e. The lowest BCUT2D eigenvalue weighted by Gasteiger charge is -2.19. The highest BCUT2D eigenvalue weighted by Crippen LogP contribution is 2.11. The molecular formula is C19H23FN2O4S. The van der Waals surface area contributed by atoms with Gasteiger partial charge in [-0.2, -0.15) is 4.31 Å². The summed E-state index contributed by atoms with van der Waals surface area (Å²) in [5, 5.41) is 2.71. The van der Waals surface area contributed by atoms with E-state index in [9.17, 15) is 17.6 Å². The van der Waals surface area contributed by atoms with Crippen molar-refractivity contribution in [3.05, 3.63) is 65.5 Å². The second-order valence-corrected chi connectivity index (χ2v) is 8.08. The maximum Gasteiger partial charge on any atom is 0.235 e.